The Balaban J connectivity index is 1.50. The molecule has 3 aliphatic rings. The van der Waals surface area contributed by atoms with Crippen molar-refractivity contribution in [1.29, 1.82) is 0 Å². The van der Waals surface area contributed by atoms with Gasteiger partial charge in [-0.05, 0) is 63.6 Å². The number of thiophene rings is 1. The van der Waals surface area contributed by atoms with Gasteiger partial charge < -0.3 is 19.9 Å². The third-order valence-corrected chi connectivity index (χ3v) is 7.48. The molecule has 32 heavy (non-hydrogen) atoms. The second-order valence-corrected chi connectivity index (χ2v) is 10.3. The summed E-state index contributed by atoms with van der Waals surface area (Å²) in [5.41, 5.74) is 2.05. The van der Waals surface area contributed by atoms with E-state index < -0.39 is 0 Å². The van der Waals surface area contributed by atoms with Gasteiger partial charge in [0.2, 0.25) is 5.91 Å². The summed E-state index contributed by atoms with van der Waals surface area (Å²) < 4.78 is 5.56. The maximum atomic E-state index is 13.0. The van der Waals surface area contributed by atoms with E-state index in [4.69, 9.17) is 4.74 Å². The van der Waals surface area contributed by atoms with Gasteiger partial charge in [0.15, 0.2) is 5.17 Å². The Morgan fingerprint density at radius 1 is 1.31 bits per heavy atom. The number of aliphatic imine (C=N–C) groups is 1. The van der Waals surface area contributed by atoms with Crippen LogP contribution in [0.1, 0.15) is 51.0 Å². The molecule has 1 fully saturated rings. The summed E-state index contributed by atoms with van der Waals surface area (Å²) in [7, 11) is 0. The van der Waals surface area contributed by atoms with Gasteiger partial charge in [-0.25, -0.2) is 9.79 Å². The largest absolute Gasteiger partial charge is 0.459 e. The summed E-state index contributed by atoms with van der Waals surface area (Å²) in [5, 5.41) is 7.82. The highest BCUT2D eigenvalue weighted by Crippen LogP contribution is 2.45. The van der Waals surface area contributed by atoms with Gasteiger partial charge in [0, 0.05) is 23.7 Å². The molecule has 0 aliphatic carbocycles. The van der Waals surface area contributed by atoms with E-state index >= 15 is 0 Å². The Morgan fingerprint density at radius 3 is 2.78 bits per heavy atom. The van der Waals surface area contributed by atoms with Crippen molar-refractivity contribution < 1.29 is 14.3 Å². The van der Waals surface area contributed by atoms with Crippen molar-refractivity contribution in [2.75, 3.05) is 26.2 Å². The van der Waals surface area contributed by atoms with Crippen molar-refractivity contribution in [2.45, 2.75) is 52.2 Å². The quantitative estimate of drug-likeness (QED) is 0.577. The van der Waals surface area contributed by atoms with Gasteiger partial charge in [0.25, 0.3) is 0 Å². The number of carbonyl (C=O) groups excluding carboxylic acids is 2. The van der Waals surface area contributed by atoms with Crippen LogP contribution in [0, 0.1) is 0 Å². The second kappa shape index (κ2) is 10.2. The van der Waals surface area contributed by atoms with Crippen molar-refractivity contribution in [3.8, 4) is 0 Å². The summed E-state index contributed by atoms with van der Waals surface area (Å²) in [6.07, 6.45) is 2.52. The van der Waals surface area contributed by atoms with Crippen LogP contribution in [0.2, 0.25) is 0 Å². The highest BCUT2D eigenvalue weighted by molar-refractivity contribution is 8.16. The molecule has 1 aromatic heterocycles. The number of ether oxygens (including phenoxy) is 1. The first-order valence-electron chi connectivity index (χ1n) is 11.1. The van der Waals surface area contributed by atoms with E-state index in [0.29, 0.717) is 17.8 Å². The first kappa shape index (κ1) is 23.1. The van der Waals surface area contributed by atoms with Crippen LogP contribution < -0.4 is 5.32 Å². The molecule has 172 valence electrons. The smallest absolute Gasteiger partial charge is 0.338 e. The number of nitrogens with one attached hydrogen (secondary N) is 1. The Hall–Kier alpha value is -2.10. The van der Waals surface area contributed by atoms with Crippen molar-refractivity contribution in [2.24, 2.45) is 4.99 Å². The number of allylic oxidation sites excluding steroid dienone is 1. The van der Waals surface area contributed by atoms with Crippen LogP contribution in [0.4, 0.5) is 0 Å². The average molecular weight is 475 g/mol. The lowest BCUT2D eigenvalue weighted by atomic mass is 9.99. The predicted octanol–water partition coefficient (Wildman–Crippen LogP) is 3.88. The van der Waals surface area contributed by atoms with Gasteiger partial charge >= 0.3 is 5.97 Å². The number of hydrogen-bond acceptors (Lipinski definition) is 8. The van der Waals surface area contributed by atoms with Gasteiger partial charge in [-0.15, -0.1) is 11.3 Å². The summed E-state index contributed by atoms with van der Waals surface area (Å²) in [6.45, 7) is 9.32. The Labute approximate surface area is 197 Å². The molecule has 1 atom stereocenters. The molecule has 0 saturated carbocycles. The van der Waals surface area contributed by atoms with Crippen LogP contribution in [-0.2, 0) is 14.3 Å². The molecule has 4 heterocycles. The number of hydrogen-bond donors (Lipinski definition) is 1. The fraction of sp³-hybridized carbons (Fsp3) is 0.522. The molecule has 0 bridgehead atoms. The molecule has 7 nitrogen and oxygen atoms in total. The summed E-state index contributed by atoms with van der Waals surface area (Å²) in [4.78, 5) is 35.9. The molecule has 0 aromatic carbocycles. The Kier molecular flexibility index (Phi) is 7.37. The fourth-order valence-corrected chi connectivity index (χ4v) is 6.00. The van der Waals surface area contributed by atoms with Crippen molar-refractivity contribution in [3.63, 3.8) is 0 Å². The van der Waals surface area contributed by atoms with E-state index in [1.807, 2.05) is 48.6 Å². The molecular weight excluding hydrogens is 444 g/mol. The van der Waals surface area contributed by atoms with Crippen LogP contribution in [0.15, 0.2) is 44.9 Å². The third kappa shape index (κ3) is 5.10. The van der Waals surface area contributed by atoms with Crippen LogP contribution in [0.3, 0.4) is 0 Å². The monoisotopic (exact) mass is 474 g/mol. The van der Waals surface area contributed by atoms with E-state index in [2.05, 4.69) is 15.2 Å². The molecule has 0 radical (unpaired) electrons. The zero-order valence-corrected chi connectivity index (χ0v) is 20.4. The van der Waals surface area contributed by atoms with E-state index in [-0.39, 0.29) is 30.4 Å². The molecule has 9 heteroatoms. The molecule has 1 saturated heterocycles. The number of likely N-dealkylation sites (tertiary alicyclic amines) is 1. The van der Waals surface area contributed by atoms with Gasteiger partial charge in [0.1, 0.15) is 6.04 Å². The average Bonchev–Trinajstić information content (AvgIpc) is 3.49. The predicted molar refractivity (Wildman–Crippen MR) is 129 cm³/mol. The summed E-state index contributed by atoms with van der Waals surface area (Å²) in [6, 6.07) is 3.65. The molecule has 4 rings (SSSR count). The van der Waals surface area contributed by atoms with Crippen LogP contribution in [0.5, 0.6) is 0 Å². The highest BCUT2D eigenvalue weighted by Gasteiger charge is 2.41. The molecule has 1 N–H and O–H groups in total. The number of amides is 1. The minimum absolute atomic E-state index is 0.0141. The third-order valence-electron chi connectivity index (χ3n) is 5.67. The second-order valence-electron chi connectivity index (χ2n) is 8.44. The lowest BCUT2D eigenvalue weighted by Gasteiger charge is -2.35. The van der Waals surface area contributed by atoms with E-state index in [9.17, 15) is 9.59 Å². The standard InChI is InChI=1S/C23H30N4O3S2/c1-15(2)30-22(29)20-16(3)25-23-27(21(20)18-7-6-12-31-18)17(14-32-23)13-19(28)24-8-11-26-9-4-5-10-26/h6-7,12,14-15,21H,4-5,8-11,13H2,1-3H3,(H,24,28)/t21-/m0/s1. The molecule has 1 aromatic rings. The normalized spacial score (nSPS) is 21.0. The van der Waals surface area contributed by atoms with Crippen LogP contribution in [0.25, 0.3) is 0 Å². The van der Waals surface area contributed by atoms with Crippen molar-refractivity contribution >= 4 is 40.1 Å². The maximum Gasteiger partial charge on any atom is 0.338 e. The molecule has 3 aliphatic heterocycles. The molecule has 1 amide bonds. The first-order valence-corrected chi connectivity index (χ1v) is 12.9. The maximum absolute atomic E-state index is 13.0. The topological polar surface area (TPSA) is 74.2 Å². The Bertz CT molecular complexity index is 946. The lowest BCUT2D eigenvalue weighted by Crippen LogP contribution is -2.38. The Morgan fingerprint density at radius 2 is 2.09 bits per heavy atom. The number of nitrogens with zero attached hydrogens (tertiary/aromatic N) is 3. The van der Waals surface area contributed by atoms with Crippen molar-refractivity contribution in [3.05, 3.63) is 44.8 Å². The molecule has 0 unspecified atom stereocenters. The zero-order valence-electron chi connectivity index (χ0n) is 18.8. The van der Waals surface area contributed by atoms with E-state index in [1.165, 1.54) is 24.6 Å². The zero-order chi connectivity index (χ0) is 22.7. The van der Waals surface area contributed by atoms with Crippen molar-refractivity contribution in [1.82, 2.24) is 15.1 Å². The summed E-state index contributed by atoms with van der Waals surface area (Å²) >= 11 is 3.09. The van der Waals surface area contributed by atoms with Gasteiger partial charge in [-0.1, -0.05) is 17.8 Å². The molecular formula is C23H30N4O3S2. The van der Waals surface area contributed by atoms with Crippen LogP contribution in [-0.4, -0.2) is 59.1 Å². The van der Waals surface area contributed by atoms with E-state index in [1.54, 1.807) is 11.3 Å². The number of rotatable bonds is 8. The fourth-order valence-electron chi connectivity index (χ4n) is 4.21. The summed E-state index contributed by atoms with van der Waals surface area (Å²) in [5.74, 6) is -0.371. The van der Waals surface area contributed by atoms with Crippen LogP contribution >= 0.6 is 23.1 Å². The van der Waals surface area contributed by atoms with Gasteiger partial charge in [0.05, 0.1) is 23.8 Å². The number of esters is 1. The lowest BCUT2D eigenvalue weighted by molar-refractivity contribution is -0.143. The first-order chi connectivity index (χ1) is 15.4. The SMILES string of the molecule is CC1=C(C(=O)OC(C)C)[C@H](c2cccs2)N2C(CC(=O)NCCN3CCCC3)=CSC2=N1. The number of fused-ring (bicyclic) bond motifs is 1. The molecule has 0 spiro atoms. The highest BCUT2D eigenvalue weighted by atomic mass is 32.2. The van der Waals surface area contributed by atoms with Gasteiger partial charge in [-0.2, -0.15) is 0 Å². The number of carbonyl (C=O) groups is 2. The number of amidine groups is 1. The van der Waals surface area contributed by atoms with Gasteiger partial charge in [-0.3, -0.25) is 4.79 Å². The number of thioether (sulfide) groups is 1. The van der Waals surface area contributed by atoms with E-state index in [0.717, 1.165) is 35.4 Å². The minimum atomic E-state index is -0.356. The minimum Gasteiger partial charge on any atom is -0.459 e.